The Morgan fingerprint density at radius 3 is 2.28 bits per heavy atom. The summed E-state index contributed by atoms with van der Waals surface area (Å²) < 4.78 is 7.31. The summed E-state index contributed by atoms with van der Waals surface area (Å²) in [6, 6.07) is 20.4. The van der Waals surface area contributed by atoms with Crippen LogP contribution in [-0.4, -0.2) is 16.4 Å². The van der Waals surface area contributed by atoms with Crippen molar-refractivity contribution in [1.82, 2.24) is 4.57 Å². The lowest BCUT2D eigenvalue weighted by Gasteiger charge is -2.05. The lowest BCUT2D eigenvalue weighted by Crippen LogP contribution is -2.11. The van der Waals surface area contributed by atoms with Crippen molar-refractivity contribution in [3.63, 3.8) is 0 Å². The van der Waals surface area contributed by atoms with Crippen LogP contribution in [0, 0.1) is 0 Å². The SMILES string of the molecule is O=C(CCCCCCn1ccc(C(=O)Nc2ccccc2)c1)Oc1ccccc1. The van der Waals surface area contributed by atoms with Gasteiger partial charge in [-0.1, -0.05) is 49.2 Å². The minimum Gasteiger partial charge on any atom is -0.427 e. The second-order valence-corrected chi connectivity index (χ2v) is 6.91. The first-order valence-corrected chi connectivity index (χ1v) is 9.98. The highest BCUT2D eigenvalue weighted by Gasteiger charge is 2.08. The molecule has 5 heteroatoms. The summed E-state index contributed by atoms with van der Waals surface area (Å²) in [7, 11) is 0. The number of nitrogens with zero attached hydrogens (tertiary/aromatic N) is 1. The molecule has 0 aliphatic carbocycles. The minimum absolute atomic E-state index is 0.105. The monoisotopic (exact) mass is 390 g/mol. The molecule has 0 atom stereocenters. The second kappa shape index (κ2) is 10.9. The van der Waals surface area contributed by atoms with Crippen LogP contribution in [0.15, 0.2) is 79.1 Å². The number of carbonyl (C=O) groups is 2. The van der Waals surface area contributed by atoms with E-state index in [1.54, 1.807) is 12.1 Å². The molecule has 1 N–H and O–H groups in total. The maximum atomic E-state index is 12.3. The van der Waals surface area contributed by atoms with E-state index in [9.17, 15) is 9.59 Å². The van der Waals surface area contributed by atoms with Crippen molar-refractivity contribution < 1.29 is 14.3 Å². The molecule has 29 heavy (non-hydrogen) atoms. The van der Waals surface area contributed by atoms with Gasteiger partial charge in [0.1, 0.15) is 5.75 Å². The summed E-state index contributed by atoms with van der Waals surface area (Å²) >= 11 is 0. The van der Waals surface area contributed by atoms with Crippen LogP contribution in [0.25, 0.3) is 0 Å². The Hall–Kier alpha value is -3.34. The fraction of sp³-hybridized carbons (Fsp3) is 0.250. The zero-order valence-electron chi connectivity index (χ0n) is 16.4. The van der Waals surface area contributed by atoms with Gasteiger partial charge in [-0.2, -0.15) is 0 Å². The molecule has 0 fully saturated rings. The van der Waals surface area contributed by atoms with Crippen LogP contribution in [-0.2, 0) is 11.3 Å². The smallest absolute Gasteiger partial charge is 0.311 e. The Morgan fingerprint density at radius 2 is 1.52 bits per heavy atom. The highest BCUT2D eigenvalue weighted by molar-refractivity contribution is 6.04. The number of esters is 1. The summed E-state index contributed by atoms with van der Waals surface area (Å²) in [5, 5.41) is 2.89. The number of hydrogen-bond acceptors (Lipinski definition) is 3. The molecular weight excluding hydrogens is 364 g/mol. The molecule has 2 aromatic carbocycles. The van der Waals surface area contributed by atoms with Crippen LogP contribution in [0.4, 0.5) is 5.69 Å². The quantitative estimate of drug-likeness (QED) is 0.290. The zero-order chi connectivity index (χ0) is 20.3. The molecule has 0 spiro atoms. The standard InChI is InChI=1S/C24H26N2O3/c27-23(29-22-13-7-4-8-14-22)15-9-1-2-10-17-26-18-16-20(19-26)24(28)25-21-11-5-3-6-12-21/h3-8,11-14,16,18-19H,1-2,9-10,15,17H2,(H,25,28). The van der Waals surface area contributed by atoms with Gasteiger partial charge in [0.25, 0.3) is 5.91 Å². The average molecular weight is 390 g/mol. The van der Waals surface area contributed by atoms with Crippen molar-refractivity contribution in [2.45, 2.75) is 38.6 Å². The molecule has 3 aromatic rings. The Kier molecular flexibility index (Phi) is 7.63. The fourth-order valence-corrected chi connectivity index (χ4v) is 3.03. The number of anilines is 1. The lowest BCUT2D eigenvalue weighted by molar-refractivity contribution is -0.134. The first-order valence-electron chi connectivity index (χ1n) is 9.98. The molecule has 3 rings (SSSR count). The molecule has 0 bridgehead atoms. The number of unbranched alkanes of at least 4 members (excludes halogenated alkanes) is 3. The van der Waals surface area contributed by atoms with Gasteiger partial charge in [0.15, 0.2) is 0 Å². The summed E-state index contributed by atoms with van der Waals surface area (Å²) in [5.41, 5.74) is 1.44. The summed E-state index contributed by atoms with van der Waals surface area (Å²) in [5.74, 6) is 0.305. The van der Waals surface area contributed by atoms with Crippen molar-refractivity contribution in [2.24, 2.45) is 0 Å². The number of carbonyl (C=O) groups excluding carboxylic acids is 2. The fourth-order valence-electron chi connectivity index (χ4n) is 3.03. The maximum absolute atomic E-state index is 12.3. The number of aryl methyl sites for hydroxylation is 1. The van der Waals surface area contributed by atoms with E-state index in [0.717, 1.165) is 37.9 Å². The Balaban J connectivity index is 1.30. The van der Waals surface area contributed by atoms with Crippen molar-refractivity contribution >= 4 is 17.6 Å². The van der Waals surface area contributed by atoms with Gasteiger partial charge in [0.2, 0.25) is 0 Å². The molecule has 0 aliphatic rings. The third kappa shape index (κ3) is 6.96. The highest BCUT2D eigenvalue weighted by Crippen LogP contribution is 2.13. The third-order valence-electron chi connectivity index (χ3n) is 4.57. The number of benzene rings is 2. The van der Waals surface area contributed by atoms with Crippen LogP contribution < -0.4 is 10.1 Å². The predicted octanol–water partition coefficient (Wildman–Crippen LogP) is 5.30. The average Bonchev–Trinajstić information content (AvgIpc) is 3.21. The minimum atomic E-state index is -0.185. The first-order chi connectivity index (χ1) is 14.2. The van der Waals surface area contributed by atoms with Crippen LogP contribution in [0.5, 0.6) is 5.75 Å². The molecule has 1 amide bonds. The van der Waals surface area contributed by atoms with E-state index < -0.39 is 0 Å². The molecule has 0 unspecified atom stereocenters. The number of ether oxygens (including phenoxy) is 1. The molecule has 0 saturated heterocycles. The van der Waals surface area contributed by atoms with E-state index in [4.69, 9.17) is 4.74 Å². The van der Waals surface area contributed by atoms with Crippen LogP contribution in [0.2, 0.25) is 0 Å². The molecule has 0 saturated carbocycles. The number of nitrogens with one attached hydrogen (secondary N) is 1. The lowest BCUT2D eigenvalue weighted by atomic mass is 10.1. The van der Waals surface area contributed by atoms with Crippen molar-refractivity contribution in [2.75, 3.05) is 5.32 Å². The van der Waals surface area contributed by atoms with E-state index in [2.05, 4.69) is 5.32 Å². The molecule has 0 radical (unpaired) electrons. The maximum Gasteiger partial charge on any atom is 0.311 e. The van der Waals surface area contributed by atoms with E-state index in [0.29, 0.717) is 17.7 Å². The molecular formula is C24H26N2O3. The summed E-state index contributed by atoms with van der Waals surface area (Å²) in [4.78, 5) is 24.1. The first kappa shape index (κ1) is 20.4. The molecule has 1 aromatic heterocycles. The highest BCUT2D eigenvalue weighted by atomic mass is 16.5. The van der Waals surface area contributed by atoms with Gasteiger partial charge in [0.05, 0.1) is 5.56 Å². The predicted molar refractivity (Wildman–Crippen MR) is 114 cm³/mol. The Labute approximate surface area is 171 Å². The van der Waals surface area contributed by atoms with Crippen LogP contribution in [0.1, 0.15) is 42.5 Å². The van der Waals surface area contributed by atoms with Gasteiger partial charge < -0.3 is 14.6 Å². The van der Waals surface area contributed by atoms with Crippen molar-refractivity contribution in [3.8, 4) is 5.75 Å². The zero-order valence-corrected chi connectivity index (χ0v) is 16.4. The van der Waals surface area contributed by atoms with Crippen LogP contribution >= 0.6 is 0 Å². The number of hydrogen-bond donors (Lipinski definition) is 1. The largest absolute Gasteiger partial charge is 0.427 e. The van der Waals surface area contributed by atoms with E-state index in [-0.39, 0.29) is 11.9 Å². The molecule has 0 aliphatic heterocycles. The normalized spacial score (nSPS) is 10.5. The van der Waals surface area contributed by atoms with Gasteiger partial charge >= 0.3 is 5.97 Å². The van der Waals surface area contributed by atoms with Crippen molar-refractivity contribution in [1.29, 1.82) is 0 Å². The van der Waals surface area contributed by atoms with Crippen LogP contribution in [0.3, 0.4) is 0 Å². The number of amides is 1. The molecule has 1 heterocycles. The third-order valence-corrected chi connectivity index (χ3v) is 4.57. The van der Waals surface area contributed by atoms with Gasteiger partial charge in [-0.25, -0.2) is 0 Å². The number of para-hydroxylation sites is 2. The van der Waals surface area contributed by atoms with Gasteiger partial charge in [-0.05, 0) is 43.2 Å². The number of rotatable bonds is 10. The summed E-state index contributed by atoms with van der Waals surface area (Å²) in [6.07, 6.45) is 8.06. The van der Waals surface area contributed by atoms with E-state index in [1.807, 2.05) is 71.6 Å². The Morgan fingerprint density at radius 1 is 0.828 bits per heavy atom. The molecule has 5 nitrogen and oxygen atoms in total. The van der Waals surface area contributed by atoms with E-state index in [1.165, 1.54) is 0 Å². The van der Waals surface area contributed by atoms with Gasteiger partial charge in [-0.3, -0.25) is 9.59 Å². The second-order valence-electron chi connectivity index (χ2n) is 6.91. The van der Waals surface area contributed by atoms with Crippen molar-refractivity contribution in [3.05, 3.63) is 84.7 Å². The van der Waals surface area contributed by atoms with E-state index >= 15 is 0 Å². The Bertz CT molecular complexity index is 904. The van der Waals surface area contributed by atoms with Gasteiger partial charge in [-0.15, -0.1) is 0 Å². The van der Waals surface area contributed by atoms with Gasteiger partial charge in [0, 0.05) is 31.0 Å². The number of aromatic nitrogens is 1. The topological polar surface area (TPSA) is 60.3 Å². The molecule has 150 valence electrons. The summed E-state index contributed by atoms with van der Waals surface area (Å²) in [6.45, 7) is 0.854.